The van der Waals surface area contributed by atoms with Crippen molar-refractivity contribution >= 4 is 0 Å². The summed E-state index contributed by atoms with van der Waals surface area (Å²) in [6.07, 6.45) is 11.3. The predicted octanol–water partition coefficient (Wildman–Crippen LogP) is 4.80. The SMILES string of the molecule is CCC(C)N1CCN(C2CCN(CC3(C)CCN(CC4(CC(C)C)CC4)CC3)CC2)CC1. The Kier molecular flexibility index (Phi) is 8.28. The first-order valence-electron chi connectivity index (χ1n) is 14.2. The van der Waals surface area contributed by atoms with Crippen molar-refractivity contribution in [3.8, 4) is 0 Å². The lowest BCUT2D eigenvalue weighted by Gasteiger charge is -2.47. The summed E-state index contributed by atoms with van der Waals surface area (Å²) in [5.74, 6) is 0.860. The first kappa shape index (κ1) is 24.9. The van der Waals surface area contributed by atoms with Gasteiger partial charge in [-0.15, -0.1) is 0 Å². The van der Waals surface area contributed by atoms with Gasteiger partial charge in [-0.25, -0.2) is 0 Å². The van der Waals surface area contributed by atoms with Gasteiger partial charge in [0.2, 0.25) is 0 Å². The third kappa shape index (κ3) is 6.49. The summed E-state index contributed by atoms with van der Waals surface area (Å²) in [5, 5.41) is 0. The lowest BCUT2D eigenvalue weighted by atomic mass is 9.79. The fraction of sp³-hybridized carbons (Fsp3) is 1.00. The zero-order valence-corrected chi connectivity index (χ0v) is 22.2. The lowest BCUT2D eigenvalue weighted by Crippen LogP contribution is -2.55. The van der Waals surface area contributed by atoms with Crippen LogP contribution in [0.4, 0.5) is 0 Å². The molecule has 1 atom stereocenters. The van der Waals surface area contributed by atoms with E-state index in [4.69, 9.17) is 0 Å². The highest BCUT2D eigenvalue weighted by atomic mass is 15.3. The van der Waals surface area contributed by atoms with E-state index in [1.54, 1.807) is 0 Å². The average molecular weight is 447 g/mol. The molecule has 1 aliphatic carbocycles. The van der Waals surface area contributed by atoms with Crippen molar-refractivity contribution in [2.75, 3.05) is 65.4 Å². The molecule has 32 heavy (non-hydrogen) atoms. The van der Waals surface area contributed by atoms with Crippen LogP contribution in [-0.4, -0.2) is 97.1 Å². The minimum Gasteiger partial charge on any atom is -0.303 e. The van der Waals surface area contributed by atoms with Crippen molar-refractivity contribution in [1.82, 2.24) is 19.6 Å². The fourth-order valence-electron chi connectivity index (χ4n) is 7.14. The van der Waals surface area contributed by atoms with Crippen molar-refractivity contribution in [3.05, 3.63) is 0 Å². The van der Waals surface area contributed by atoms with Crippen LogP contribution in [-0.2, 0) is 0 Å². The summed E-state index contributed by atoms with van der Waals surface area (Å²) in [4.78, 5) is 11.2. The van der Waals surface area contributed by atoms with E-state index in [0.29, 0.717) is 10.8 Å². The number of nitrogens with zero attached hydrogens (tertiary/aromatic N) is 4. The quantitative estimate of drug-likeness (QED) is 0.504. The van der Waals surface area contributed by atoms with Gasteiger partial charge in [-0.05, 0) is 101 Å². The van der Waals surface area contributed by atoms with E-state index < -0.39 is 0 Å². The zero-order chi connectivity index (χ0) is 22.8. The van der Waals surface area contributed by atoms with E-state index in [-0.39, 0.29) is 0 Å². The molecule has 0 aromatic heterocycles. The Bertz CT molecular complexity index is 562. The predicted molar refractivity (Wildman–Crippen MR) is 137 cm³/mol. The maximum Gasteiger partial charge on any atom is 0.0121 e. The second kappa shape index (κ2) is 10.6. The van der Waals surface area contributed by atoms with E-state index in [1.807, 2.05) is 0 Å². The Balaban J connectivity index is 1.15. The number of hydrogen-bond acceptors (Lipinski definition) is 4. The van der Waals surface area contributed by atoms with Crippen LogP contribution in [0.5, 0.6) is 0 Å². The maximum atomic E-state index is 2.82. The van der Waals surface area contributed by atoms with Gasteiger partial charge in [0.05, 0.1) is 0 Å². The van der Waals surface area contributed by atoms with Crippen LogP contribution in [0.15, 0.2) is 0 Å². The van der Waals surface area contributed by atoms with Gasteiger partial charge in [0.25, 0.3) is 0 Å². The molecule has 4 aliphatic rings. The highest BCUT2D eigenvalue weighted by Gasteiger charge is 2.45. The van der Waals surface area contributed by atoms with Gasteiger partial charge in [0, 0.05) is 51.4 Å². The molecule has 186 valence electrons. The third-order valence-electron chi connectivity index (χ3n) is 9.66. The monoisotopic (exact) mass is 446 g/mol. The van der Waals surface area contributed by atoms with Gasteiger partial charge in [0.1, 0.15) is 0 Å². The smallest absolute Gasteiger partial charge is 0.0121 e. The van der Waals surface area contributed by atoms with Gasteiger partial charge in [-0.2, -0.15) is 0 Å². The molecular weight excluding hydrogens is 392 g/mol. The van der Waals surface area contributed by atoms with Crippen LogP contribution in [0.3, 0.4) is 0 Å². The number of piperidine rings is 2. The normalized spacial score (nSPS) is 29.4. The molecule has 0 bridgehead atoms. The molecule has 1 saturated carbocycles. The van der Waals surface area contributed by atoms with Crippen molar-refractivity contribution in [3.63, 3.8) is 0 Å². The molecule has 1 unspecified atom stereocenters. The number of piperazine rings is 1. The molecule has 3 saturated heterocycles. The molecule has 4 fully saturated rings. The minimum atomic E-state index is 0.542. The van der Waals surface area contributed by atoms with Crippen molar-refractivity contribution in [2.24, 2.45) is 16.7 Å². The largest absolute Gasteiger partial charge is 0.303 e. The summed E-state index contributed by atoms with van der Waals surface area (Å²) >= 11 is 0. The Morgan fingerprint density at radius 2 is 1.34 bits per heavy atom. The minimum absolute atomic E-state index is 0.542. The fourth-order valence-corrected chi connectivity index (χ4v) is 7.14. The van der Waals surface area contributed by atoms with E-state index in [1.165, 1.54) is 117 Å². The number of likely N-dealkylation sites (tertiary alicyclic amines) is 2. The van der Waals surface area contributed by atoms with Gasteiger partial charge in [0.15, 0.2) is 0 Å². The van der Waals surface area contributed by atoms with Gasteiger partial charge in [-0.3, -0.25) is 9.80 Å². The molecule has 4 nitrogen and oxygen atoms in total. The van der Waals surface area contributed by atoms with E-state index in [2.05, 4.69) is 54.2 Å². The summed E-state index contributed by atoms with van der Waals surface area (Å²) in [6.45, 7) is 25.3. The Morgan fingerprint density at radius 1 is 0.750 bits per heavy atom. The molecule has 4 heteroatoms. The van der Waals surface area contributed by atoms with Crippen LogP contribution < -0.4 is 0 Å². The molecule has 0 amide bonds. The second-order valence-electron chi connectivity index (χ2n) is 13.0. The molecule has 3 aliphatic heterocycles. The summed E-state index contributed by atoms with van der Waals surface area (Å²) in [5.41, 5.74) is 1.24. The van der Waals surface area contributed by atoms with Crippen LogP contribution in [0.2, 0.25) is 0 Å². The van der Waals surface area contributed by atoms with Gasteiger partial charge >= 0.3 is 0 Å². The van der Waals surface area contributed by atoms with E-state index >= 15 is 0 Å². The molecule has 0 radical (unpaired) electrons. The van der Waals surface area contributed by atoms with Gasteiger partial charge in [-0.1, -0.05) is 27.7 Å². The maximum absolute atomic E-state index is 2.82. The molecular formula is C28H54N4. The summed E-state index contributed by atoms with van der Waals surface area (Å²) in [7, 11) is 0. The Labute approximate surface area is 200 Å². The average Bonchev–Trinajstić information content (AvgIpc) is 3.53. The highest BCUT2D eigenvalue weighted by molar-refractivity contribution is 4.98. The highest BCUT2D eigenvalue weighted by Crippen LogP contribution is 2.51. The van der Waals surface area contributed by atoms with Crippen LogP contribution in [0.1, 0.15) is 86.0 Å². The molecule has 3 heterocycles. The standard InChI is InChI=1S/C28H54N4/c1-6-25(4)31-17-19-32(20-18-31)26-7-13-29(14-8-26)22-27(5)11-15-30(16-12-27)23-28(9-10-28)21-24(2)3/h24-26H,6-23H2,1-5H3. The van der Waals surface area contributed by atoms with Crippen LogP contribution in [0.25, 0.3) is 0 Å². The van der Waals surface area contributed by atoms with Gasteiger partial charge < -0.3 is 9.80 Å². The molecule has 0 N–H and O–H groups in total. The summed E-state index contributed by atoms with van der Waals surface area (Å²) < 4.78 is 0. The molecule has 0 aromatic rings. The topological polar surface area (TPSA) is 13.0 Å². The first-order valence-corrected chi connectivity index (χ1v) is 14.2. The molecule has 0 spiro atoms. The zero-order valence-electron chi connectivity index (χ0n) is 22.2. The molecule has 0 aromatic carbocycles. The number of rotatable bonds is 9. The summed E-state index contributed by atoms with van der Waals surface area (Å²) in [6, 6.07) is 1.60. The third-order valence-corrected chi connectivity index (χ3v) is 9.66. The number of hydrogen-bond donors (Lipinski definition) is 0. The van der Waals surface area contributed by atoms with Crippen LogP contribution in [0, 0.1) is 16.7 Å². The van der Waals surface area contributed by atoms with Crippen molar-refractivity contribution in [1.29, 1.82) is 0 Å². The Morgan fingerprint density at radius 3 is 1.88 bits per heavy atom. The second-order valence-corrected chi connectivity index (χ2v) is 13.0. The van der Waals surface area contributed by atoms with Crippen LogP contribution >= 0.6 is 0 Å². The first-order chi connectivity index (χ1) is 15.3. The van der Waals surface area contributed by atoms with Crippen molar-refractivity contribution in [2.45, 2.75) is 98.1 Å². The lowest BCUT2D eigenvalue weighted by molar-refractivity contribution is 0.0226. The molecule has 4 rings (SSSR count). The Hall–Kier alpha value is -0.160. The van der Waals surface area contributed by atoms with E-state index in [9.17, 15) is 0 Å². The van der Waals surface area contributed by atoms with E-state index in [0.717, 1.165) is 18.0 Å². The van der Waals surface area contributed by atoms with Crippen molar-refractivity contribution < 1.29 is 0 Å².